The summed E-state index contributed by atoms with van der Waals surface area (Å²) in [5.41, 5.74) is 0.960. The number of benzene rings is 1. The van der Waals surface area contributed by atoms with Crippen molar-refractivity contribution in [3.8, 4) is 0 Å². The summed E-state index contributed by atoms with van der Waals surface area (Å²) >= 11 is 6.30. The van der Waals surface area contributed by atoms with E-state index in [2.05, 4.69) is 41.9 Å². The van der Waals surface area contributed by atoms with Crippen LogP contribution in [0.15, 0.2) is 29.0 Å². The van der Waals surface area contributed by atoms with Crippen molar-refractivity contribution in [3.63, 3.8) is 0 Å². The van der Waals surface area contributed by atoms with E-state index in [1.54, 1.807) is 6.33 Å². The molecule has 1 heterocycles. The van der Waals surface area contributed by atoms with Crippen molar-refractivity contribution < 1.29 is 0 Å². The molecule has 4 heteroatoms. The third-order valence-corrected chi connectivity index (χ3v) is 2.74. The average Bonchev–Trinajstić information content (AvgIpc) is 2.07. The minimum atomic E-state index is 0.890. The molecule has 0 fully saturated rings. The Morgan fingerprint density at radius 2 is 2.08 bits per heavy atom. The first-order valence-corrected chi connectivity index (χ1v) is 4.99. The molecule has 2 nitrogen and oxygen atoms in total. The molecule has 0 unspecified atom stereocenters. The van der Waals surface area contributed by atoms with Gasteiger partial charge in [-0.2, -0.15) is 0 Å². The van der Waals surface area contributed by atoms with E-state index in [9.17, 15) is 0 Å². The van der Waals surface area contributed by atoms with Gasteiger partial charge in [0.2, 0.25) is 0 Å². The van der Waals surface area contributed by atoms with Gasteiger partial charge in [-0.15, -0.1) is 0 Å². The Bertz CT molecular complexity index is 430. The van der Waals surface area contributed by atoms with E-state index < -0.39 is 0 Å². The second kappa shape index (κ2) is 3.13. The summed E-state index contributed by atoms with van der Waals surface area (Å²) in [4.78, 5) is 8.19. The maximum absolute atomic E-state index is 4.13. The molecule has 0 N–H and O–H groups in total. The average molecular weight is 287 g/mol. The number of nitrogens with zero attached hydrogens (tertiary/aromatic N) is 2. The molecular weight excluding hydrogens is 283 g/mol. The van der Waals surface area contributed by atoms with E-state index in [0.717, 1.165) is 20.0 Å². The summed E-state index contributed by atoms with van der Waals surface area (Å²) < 4.78 is 1.93. The van der Waals surface area contributed by atoms with Crippen molar-refractivity contribution in [3.05, 3.63) is 29.0 Å². The van der Waals surface area contributed by atoms with Crippen LogP contribution in [0.5, 0.6) is 0 Å². The van der Waals surface area contributed by atoms with Crippen molar-refractivity contribution in [1.29, 1.82) is 0 Å². The van der Waals surface area contributed by atoms with E-state index in [-0.39, 0.29) is 0 Å². The van der Waals surface area contributed by atoms with Gasteiger partial charge < -0.3 is 0 Å². The molecule has 0 amide bonds. The molecule has 1 aromatic heterocycles. The van der Waals surface area contributed by atoms with Crippen LogP contribution in [0.1, 0.15) is 0 Å². The molecule has 0 saturated heterocycles. The molecule has 0 spiro atoms. The van der Waals surface area contributed by atoms with Crippen LogP contribution in [-0.2, 0) is 0 Å². The molecule has 59 valence electrons. The van der Waals surface area contributed by atoms with Gasteiger partial charge in [0.25, 0.3) is 0 Å². The summed E-state index contributed by atoms with van der Waals surface area (Å²) in [5.74, 6) is 0. The molecular formula is C8H4BrN2Se. The van der Waals surface area contributed by atoms with Gasteiger partial charge in [0, 0.05) is 0 Å². The van der Waals surface area contributed by atoms with Crippen LogP contribution in [0.4, 0.5) is 0 Å². The third-order valence-electron chi connectivity index (χ3n) is 1.56. The monoisotopic (exact) mass is 287 g/mol. The van der Waals surface area contributed by atoms with Crippen LogP contribution in [0, 0.1) is 0 Å². The van der Waals surface area contributed by atoms with Gasteiger partial charge in [-0.1, -0.05) is 0 Å². The topological polar surface area (TPSA) is 25.8 Å². The molecule has 0 aliphatic carbocycles. The number of hydrogen-bond acceptors (Lipinski definition) is 2. The molecule has 2 rings (SSSR count). The predicted octanol–water partition coefficient (Wildman–Crippen LogP) is 1.19. The number of rotatable bonds is 0. The van der Waals surface area contributed by atoms with E-state index in [0.29, 0.717) is 0 Å². The summed E-state index contributed by atoms with van der Waals surface area (Å²) in [7, 11) is 0. The van der Waals surface area contributed by atoms with Crippen LogP contribution >= 0.6 is 15.9 Å². The van der Waals surface area contributed by atoms with Gasteiger partial charge in [-0.25, -0.2) is 0 Å². The number of fused-ring (bicyclic) bond motifs is 1. The van der Waals surface area contributed by atoms with Crippen molar-refractivity contribution in [2.45, 2.75) is 0 Å². The first kappa shape index (κ1) is 8.17. The first-order chi connectivity index (χ1) is 5.77. The van der Waals surface area contributed by atoms with E-state index in [1.807, 2.05) is 18.2 Å². The second-order valence-electron chi connectivity index (χ2n) is 2.34. The van der Waals surface area contributed by atoms with E-state index in [1.165, 1.54) is 0 Å². The van der Waals surface area contributed by atoms with Gasteiger partial charge >= 0.3 is 86.4 Å². The van der Waals surface area contributed by atoms with Crippen molar-refractivity contribution in [2.24, 2.45) is 0 Å². The SMILES string of the molecule is [Se]c1ncnc2ccc(Br)cc12. The fourth-order valence-corrected chi connectivity index (χ4v) is 1.81. The minimum absolute atomic E-state index is 0.890. The Kier molecular flexibility index (Phi) is 2.13. The quantitative estimate of drug-likeness (QED) is 0.680. The normalized spacial score (nSPS) is 10.4. The predicted molar refractivity (Wildman–Crippen MR) is 52.6 cm³/mol. The fourth-order valence-electron chi connectivity index (χ4n) is 1.01. The Labute approximate surface area is 86.4 Å². The molecule has 0 aliphatic rings. The Morgan fingerprint density at radius 1 is 1.25 bits per heavy atom. The van der Waals surface area contributed by atoms with Crippen molar-refractivity contribution in [2.75, 3.05) is 0 Å². The van der Waals surface area contributed by atoms with E-state index >= 15 is 0 Å². The van der Waals surface area contributed by atoms with Gasteiger partial charge in [0.1, 0.15) is 0 Å². The van der Waals surface area contributed by atoms with Gasteiger partial charge in [-0.05, 0) is 0 Å². The van der Waals surface area contributed by atoms with Crippen LogP contribution in [0.25, 0.3) is 10.9 Å². The maximum atomic E-state index is 4.13. The summed E-state index contributed by atoms with van der Waals surface area (Å²) in [6.07, 6.45) is 1.56. The molecule has 1 radical (unpaired) electrons. The fraction of sp³-hybridized carbons (Fsp3) is 0. The molecule has 1 aromatic carbocycles. The van der Waals surface area contributed by atoms with Gasteiger partial charge in [0.05, 0.1) is 0 Å². The van der Waals surface area contributed by atoms with Crippen molar-refractivity contribution in [1.82, 2.24) is 9.97 Å². The zero-order chi connectivity index (χ0) is 8.55. The van der Waals surface area contributed by atoms with E-state index in [4.69, 9.17) is 0 Å². The van der Waals surface area contributed by atoms with Gasteiger partial charge in [0.15, 0.2) is 0 Å². The summed E-state index contributed by atoms with van der Waals surface area (Å²) in [6.45, 7) is 0. The second-order valence-corrected chi connectivity index (χ2v) is 4.07. The van der Waals surface area contributed by atoms with Crippen LogP contribution in [0.2, 0.25) is 0 Å². The first-order valence-electron chi connectivity index (χ1n) is 3.34. The Hall–Kier alpha value is -0.441. The number of hydrogen-bond donors (Lipinski definition) is 0. The zero-order valence-electron chi connectivity index (χ0n) is 5.99. The van der Waals surface area contributed by atoms with Gasteiger partial charge in [-0.3, -0.25) is 0 Å². The van der Waals surface area contributed by atoms with Crippen molar-refractivity contribution >= 4 is 47.4 Å². The van der Waals surface area contributed by atoms with Crippen LogP contribution < -0.4 is 4.59 Å². The van der Waals surface area contributed by atoms with Crippen LogP contribution in [0.3, 0.4) is 0 Å². The number of aromatic nitrogens is 2. The summed E-state index contributed by atoms with van der Waals surface area (Å²) in [6, 6.07) is 5.93. The molecule has 0 bridgehead atoms. The third kappa shape index (κ3) is 1.38. The summed E-state index contributed by atoms with van der Waals surface area (Å²) in [5, 5.41) is 1.05. The molecule has 0 aliphatic heterocycles. The molecule has 12 heavy (non-hydrogen) atoms. The Balaban J connectivity index is 2.88. The number of halogens is 1. The molecule has 2 aromatic rings. The zero-order valence-corrected chi connectivity index (χ0v) is 9.29. The van der Waals surface area contributed by atoms with Crippen LogP contribution in [-0.4, -0.2) is 26.0 Å². The Morgan fingerprint density at radius 3 is 2.92 bits per heavy atom. The molecule has 0 atom stereocenters. The molecule has 0 saturated carbocycles. The standard InChI is InChI=1S/C8H4BrN2Se/c9-5-1-2-7-6(3-5)8(12)11-4-10-7/h1-4H.